The number of hydrogen-bond donors (Lipinski definition) is 1. The molecule has 0 amide bonds. The van der Waals surface area contributed by atoms with E-state index in [1.54, 1.807) is 0 Å². The van der Waals surface area contributed by atoms with Crippen LogP contribution in [0.4, 0.5) is 0 Å². The Morgan fingerprint density at radius 1 is 1.20 bits per heavy atom. The first-order valence-electron chi connectivity index (χ1n) is 6.60. The lowest BCUT2D eigenvalue weighted by molar-refractivity contribution is 0.0658. The second-order valence-corrected chi connectivity index (χ2v) is 5.53. The smallest absolute Gasteiger partial charge is 0.0433 e. The highest BCUT2D eigenvalue weighted by atomic mass is 16.3. The predicted octanol–water partition coefficient (Wildman–Crippen LogP) is 2.13. The van der Waals surface area contributed by atoms with E-state index in [9.17, 15) is 5.11 Å². The fraction of sp³-hybridized carbons (Fsp3) is 1.00. The lowest BCUT2D eigenvalue weighted by atomic mass is 9.67. The Hall–Kier alpha value is -0.0800. The molecule has 88 valence electrons. The Kier molecular flexibility index (Phi) is 4.04. The first-order valence-corrected chi connectivity index (χ1v) is 6.60. The average Bonchev–Trinajstić information content (AvgIpc) is 2.14. The monoisotopic (exact) mass is 211 g/mol. The largest absolute Gasteiger partial charge is 0.396 e. The van der Waals surface area contributed by atoms with Gasteiger partial charge < -0.3 is 10.0 Å². The molecule has 0 aromatic rings. The summed E-state index contributed by atoms with van der Waals surface area (Å²) in [6, 6.07) is 0. The van der Waals surface area contributed by atoms with E-state index in [1.165, 1.54) is 45.2 Å². The maximum absolute atomic E-state index is 9.19. The van der Waals surface area contributed by atoms with Crippen molar-refractivity contribution in [2.75, 3.05) is 26.7 Å². The quantitative estimate of drug-likeness (QED) is 0.770. The number of aliphatic hydroxyl groups is 1. The Morgan fingerprint density at radius 3 is 2.47 bits per heavy atom. The first-order chi connectivity index (χ1) is 7.31. The van der Waals surface area contributed by atoms with Crippen molar-refractivity contribution in [3.05, 3.63) is 0 Å². The third-order valence-corrected chi connectivity index (χ3v) is 4.48. The van der Waals surface area contributed by atoms with Crippen LogP contribution in [0.25, 0.3) is 0 Å². The van der Waals surface area contributed by atoms with Crippen LogP contribution in [0, 0.1) is 17.8 Å². The van der Waals surface area contributed by atoms with Gasteiger partial charge in [0.25, 0.3) is 0 Å². The molecule has 0 radical (unpaired) electrons. The summed E-state index contributed by atoms with van der Waals surface area (Å²) in [5.41, 5.74) is 0. The van der Waals surface area contributed by atoms with Gasteiger partial charge in [-0.3, -0.25) is 0 Å². The van der Waals surface area contributed by atoms with Gasteiger partial charge in [0, 0.05) is 13.2 Å². The molecule has 2 aliphatic rings. The Labute approximate surface area is 93.7 Å². The second-order valence-electron chi connectivity index (χ2n) is 5.53. The molecule has 1 N–H and O–H groups in total. The zero-order chi connectivity index (χ0) is 10.7. The van der Waals surface area contributed by atoms with E-state index < -0.39 is 0 Å². The standard InChI is InChI=1S/C13H25NO/c1-14-8-3-6-12(10-14)13(7-9-15)11-4-2-5-11/h11-13,15H,2-10H2,1H3. The van der Waals surface area contributed by atoms with Crippen LogP contribution in [-0.2, 0) is 0 Å². The third kappa shape index (κ3) is 2.73. The van der Waals surface area contributed by atoms with Crippen LogP contribution in [0.15, 0.2) is 0 Å². The van der Waals surface area contributed by atoms with Gasteiger partial charge in [0.15, 0.2) is 0 Å². The number of nitrogens with zero attached hydrogens (tertiary/aromatic N) is 1. The summed E-state index contributed by atoms with van der Waals surface area (Å²) in [6.45, 7) is 2.93. The average molecular weight is 211 g/mol. The summed E-state index contributed by atoms with van der Waals surface area (Å²) in [5, 5.41) is 9.19. The predicted molar refractivity (Wildman–Crippen MR) is 62.8 cm³/mol. The van der Waals surface area contributed by atoms with Crippen LogP contribution in [0.5, 0.6) is 0 Å². The van der Waals surface area contributed by atoms with E-state index in [1.807, 2.05) is 0 Å². The molecule has 1 saturated carbocycles. The van der Waals surface area contributed by atoms with Gasteiger partial charge in [-0.15, -0.1) is 0 Å². The van der Waals surface area contributed by atoms with Gasteiger partial charge in [-0.1, -0.05) is 19.3 Å². The van der Waals surface area contributed by atoms with Crippen molar-refractivity contribution in [2.45, 2.75) is 38.5 Å². The van der Waals surface area contributed by atoms with Gasteiger partial charge in [-0.05, 0) is 50.6 Å². The highest BCUT2D eigenvalue weighted by Gasteiger charge is 2.34. The van der Waals surface area contributed by atoms with Gasteiger partial charge in [-0.25, -0.2) is 0 Å². The first kappa shape index (κ1) is 11.4. The van der Waals surface area contributed by atoms with Crippen LogP contribution in [0.3, 0.4) is 0 Å². The fourth-order valence-corrected chi connectivity index (χ4v) is 3.43. The maximum Gasteiger partial charge on any atom is 0.0433 e. The molecule has 2 fully saturated rings. The molecule has 1 aliphatic carbocycles. The van der Waals surface area contributed by atoms with Gasteiger partial charge in [0.05, 0.1) is 0 Å². The van der Waals surface area contributed by atoms with Crippen molar-refractivity contribution in [3.8, 4) is 0 Å². The Morgan fingerprint density at radius 2 is 1.93 bits per heavy atom. The van der Waals surface area contributed by atoms with Crippen molar-refractivity contribution in [3.63, 3.8) is 0 Å². The van der Waals surface area contributed by atoms with Gasteiger partial charge in [0.2, 0.25) is 0 Å². The molecular weight excluding hydrogens is 186 g/mol. The molecule has 2 rings (SSSR count). The van der Waals surface area contributed by atoms with E-state index in [-0.39, 0.29) is 0 Å². The number of hydrogen-bond acceptors (Lipinski definition) is 2. The van der Waals surface area contributed by atoms with Crippen molar-refractivity contribution in [1.29, 1.82) is 0 Å². The molecule has 2 nitrogen and oxygen atoms in total. The maximum atomic E-state index is 9.19. The summed E-state index contributed by atoms with van der Waals surface area (Å²) in [7, 11) is 2.24. The number of likely N-dealkylation sites (tertiary alicyclic amines) is 1. The van der Waals surface area contributed by atoms with Gasteiger partial charge in [0.1, 0.15) is 0 Å². The third-order valence-electron chi connectivity index (χ3n) is 4.48. The summed E-state index contributed by atoms with van der Waals surface area (Å²) in [5.74, 6) is 2.61. The summed E-state index contributed by atoms with van der Waals surface area (Å²) in [4.78, 5) is 2.47. The minimum absolute atomic E-state index is 0.390. The molecule has 0 bridgehead atoms. The highest BCUT2D eigenvalue weighted by molar-refractivity contribution is 4.85. The molecule has 0 spiro atoms. The van der Waals surface area contributed by atoms with Crippen molar-refractivity contribution < 1.29 is 5.11 Å². The Bertz CT molecular complexity index is 191. The van der Waals surface area contributed by atoms with E-state index >= 15 is 0 Å². The summed E-state index contributed by atoms with van der Waals surface area (Å²) < 4.78 is 0. The molecule has 0 aromatic carbocycles. The molecule has 2 unspecified atom stereocenters. The van der Waals surface area contributed by atoms with Crippen LogP contribution < -0.4 is 0 Å². The minimum atomic E-state index is 0.390. The fourth-order valence-electron chi connectivity index (χ4n) is 3.43. The van der Waals surface area contributed by atoms with Crippen LogP contribution >= 0.6 is 0 Å². The zero-order valence-electron chi connectivity index (χ0n) is 9.99. The van der Waals surface area contributed by atoms with Crippen LogP contribution in [0.2, 0.25) is 0 Å². The molecular formula is C13H25NO. The summed E-state index contributed by atoms with van der Waals surface area (Å²) >= 11 is 0. The summed E-state index contributed by atoms with van der Waals surface area (Å²) in [6.07, 6.45) is 8.06. The molecule has 15 heavy (non-hydrogen) atoms. The van der Waals surface area contributed by atoms with Crippen molar-refractivity contribution in [1.82, 2.24) is 4.90 Å². The molecule has 2 atom stereocenters. The number of piperidine rings is 1. The topological polar surface area (TPSA) is 23.5 Å². The number of aliphatic hydroxyl groups excluding tert-OH is 1. The van der Waals surface area contributed by atoms with Gasteiger partial charge in [-0.2, -0.15) is 0 Å². The second kappa shape index (κ2) is 5.31. The van der Waals surface area contributed by atoms with E-state index in [0.717, 1.165) is 24.2 Å². The lowest BCUT2D eigenvalue weighted by Crippen LogP contribution is -2.40. The van der Waals surface area contributed by atoms with Crippen molar-refractivity contribution >= 4 is 0 Å². The minimum Gasteiger partial charge on any atom is -0.396 e. The normalized spacial score (nSPS) is 31.2. The SMILES string of the molecule is CN1CCCC(C(CCO)C2CCC2)C1. The lowest BCUT2D eigenvalue weighted by Gasteiger charge is -2.42. The van der Waals surface area contributed by atoms with E-state index in [0.29, 0.717) is 6.61 Å². The van der Waals surface area contributed by atoms with Crippen LogP contribution in [0.1, 0.15) is 38.5 Å². The molecule has 1 saturated heterocycles. The van der Waals surface area contributed by atoms with Crippen molar-refractivity contribution in [2.24, 2.45) is 17.8 Å². The molecule has 0 aromatic heterocycles. The molecule has 2 heteroatoms. The highest BCUT2D eigenvalue weighted by Crippen LogP contribution is 2.41. The molecule has 1 heterocycles. The Balaban J connectivity index is 1.90. The van der Waals surface area contributed by atoms with E-state index in [2.05, 4.69) is 11.9 Å². The number of rotatable bonds is 4. The van der Waals surface area contributed by atoms with Gasteiger partial charge >= 0.3 is 0 Å². The zero-order valence-corrected chi connectivity index (χ0v) is 9.99. The van der Waals surface area contributed by atoms with E-state index in [4.69, 9.17) is 0 Å². The van der Waals surface area contributed by atoms with Crippen LogP contribution in [-0.4, -0.2) is 36.8 Å². The molecule has 1 aliphatic heterocycles.